The summed E-state index contributed by atoms with van der Waals surface area (Å²) in [5.41, 5.74) is -1.12. The third-order valence-electron chi connectivity index (χ3n) is 4.21. The Morgan fingerprint density at radius 2 is 1.59 bits per heavy atom. The van der Waals surface area contributed by atoms with Gasteiger partial charge < -0.3 is 19.4 Å². The van der Waals surface area contributed by atoms with Gasteiger partial charge in [0.15, 0.2) is 29.7 Å². The van der Waals surface area contributed by atoms with Crippen molar-refractivity contribution >= 4 is 33.4 Å². The van der Waals surface area contributed by atoms with Crippen molar-refractivity contribution in [2.45, 2.75) is 23.9 Å². The molecule has 0 spiro atoms. The first kappa shape index (κ1) is 38.7. The lowest BCUT2D eigenvalue weighted by Gasteiger charge is -2.24. The van der Waals surface area contributed by atoms with Gasteiger partial charge in [-0.3, -0.25) is 13.8 Å². The van der Waals surface area contributed by atoms with E-state index in [4.69, 9.17) is 20.6 Å². The summed E-state index contributed by atoms with van der Waals surface area (Å²) in [6.45, 7) is 3.13. The van der Waals surface area contributed by atoms with Crippen LogP contribution < -0.4 is 0 Å². The Bertz CT molecular complexity index is 1310. The van der Waals surface area contributed by atoms with Gasteiger partial charge in [-0.2, -0.15) is 5.26 Å². The number of nitriles is 1. The summed E-state index contributed by atoms with van der Waals surface area (Å²) in [4.78, 5) is 27.4. The summed E-state index contributed by atoms with van der Waals surface area (Å²) in [7, 11) is -6.20. The Hall–Kier alpha value is -2.40. The number of phosphoric ester groups is 1. The molecule has 1 heterocycles. The summed E-state index contributed by atoms with van der Waals surface area (Å²) in [5.74, 6) is 1.19. The van der Waals surface area contributed by atoms with E-state index in [1.54, 1.807) is 6.07 Å². The lowest BCUT2D eigenvalue weighted by Crippen LogP contribution is -2.37. The van der Waals surface area contributed by atoms with Crippen molar-refractivity contribution < 1.29 is 49.7 Å². The van der Waals surface area contributed by atoms with E-state index in [2.05, 4.69) is 10.9 Å². The number of aliphatic hydroxyl groups is 1. The van der Waals surface area contributed by atoms with Crippen LogP contribution in [0.15, 0.2) is 16.1 Å². The molecule has 1 rings (SSSR count). The van der Waals surface area contributed by atoms with E-state index in [-0.39, 0.29) is 19.7 Å². The third-order valence-corrected chi connectivity index (χ3v) is 7.25. The second-order valence-electron chi connectivity index (χ2n) is 8.43. The number of hydrogen-bond donors (Lipinski definition) is 2. The quantitative estimate of drug-likeness (QED) is 0.186. The van der Waals surface area contributed by atoms with Crippen LogP contribution in [-0.4, -0.2) is 121 Å². The number of quaternary nitrogens is 1. The third kappa shape index (κ3) is 14.0. The number of phosphoric acid groups is 1. The van der Waals surface area contributed by atoms with Crippen LogP contribution in [0.1, 0.15) is 29.8 Å². The van der Waals surface area contributed by atoms with Crippen molar-refractivity contribution in [1.82, 2.24) is 9.88 Å². The molecule has 0 saturated heterocycles. The molecule has 0 fully saturated rings. The van der Waals surface area contributed by atoms with Gasteiger partial charge in [-0.15, -0.1) is 6.42 Å². The zero-order valence-corrected chi connectivity index (χ0v) is 25.9. The minimum Gasteiger partial charge on any atom is -0.400 e. The minimum absolute atomic E-state index is 0.0721. The Balaban J connectivity index is 0. The standard InChI is InChI=1S/C19H27N4O9PS2.C2H6.CH4O/c1-7-8-22(9-11-31-33(25,26)32-12-10-23(2,3)4)19(24)16-13-15(14-20)17(34(5,27)28)21-18(16)35(6,29)30;2*1-2/h1,13H,8-12H2,2-6H3;1-2H3;2H,1H3/p+1. The number of rotatable bonds is 12. The van der Waals surface area contributed by atoms with Crippen LogP contribution in [0.3, 0.4) is 0 Å². The van der Waals surface area contributed by atoms with Crippen LogP contribution in [0.4, 0.5) is 0 Å². The molecule has 0 bridgehead atoms. The number of carbonyl (C=O) groups is 1. The molecular weight excluding hydrogens is 575 g/mol. The monoisotopic (exact) mass is 613 g/mol. The van der Waals surface area contributed by atoms with Gasteiger partial charge in [0.25, 0.3) is 5.91 Å². The Labute approximate surface area is 231 Å². The highest BCUT2D eigenvalue weighted by molar-refractivity contribution is 7.91. The number of aliphatic hydroxyl groups excluding tert-OH is 1. The maximum Gasteiger partial charge on any atom is 0.472 e. The van der Waals surface area contributed by atoms with Crippen molar-refractivity contribution in [1.29, 1.82) is 5.26 Å². The Morgan fingerprint density at radius 1 is 1.10 bits per heavy atom. The van der Waals surface area contributed by atoms with Gasteiger partial charge in [-0.1, -0.05) is 19.8 Å². The maximum absolute atomic E-state index is 13.1. The molecule has 1 aromatic heterocycles. The molecule has 1 aromatic rings. The van der Waals surface area contributed by atoms with Gasteiger partial charge >= 0.3 is 7.82 Å². The highest BCUT2D eigenvalue weighted by Crippen LogP contribution is 2.42. The first-order valence-electron chi connectivity index (χ1n) is 11.3. The lowest BCUT2D eigenvalue weighted by atomic mass is 10.2. The normalized spacial score (nSPS) is 12.8. The lowest BCUT2D eigenvalue weighted by molar-refractivity contribution is -0.870. The molecule has 1 atom stereocenters. The van der Waals surface area contributed by atoms with E-state index in [1.165, 1.54) is 0 Å². The zero-order valence-electron chi connectivity index (χ0n) is 23.4. The second-order valence-corrected chi connectivity index (χ2v) is 13.7. The number of sulfone groups is 2. The van der Waals surface area contributed by atoms with Crippen molar-refractivity contribution in [3.8, 4) is 18.4 Å². The van der Waals surface area contributed by atoms with Crippen molar-refractivity contribution in [2.24, 2.45) is 0 Å². The number of aromatic nitrogens is 1. The molecule has 39 heavy (non-hydrogen) atoms. The molecule has 222 valence electrons. The summed E-state index contributed by atoms with van der Waals surface area (Å²) >= 11 is 0. The van der Waals surface area contributed by atoms with Crippen LogP contribution >= 0.6 is 7.82 Å². The van der Waals surface area contributed by atoms with Gasteiger partial charge in [-0.25, -0.2) is 26.4 Å². The number of terminal acetylenes is 1. The van der Waals surface area contributed by atoms with Crippen molar-refractivity contribution in [3.63, 3.8) is 0 Å². The minimum atomic E-state index is -4.45. The zero-order chi connectivity index (χ0) is 31.2. The topological polar surface area (TPSA) is 201 Å². The van der Waals surface area contributed by atoms with E-state index in [0.717, 1.165) is 24.3 Å². The Morgan fingerprint density at radius 3 is 2.00 bits per heavy atom. The highest BCUT2D eigenvalue weighted by atomic mass is 32.2. The second kappa shape index (κ2) is 16.6. The summed E-state index contributed by atoms with van der Waals surface area (Å²) in [6.07, 6.45) is 6.74. The van der Waals surface area contributed by atoms with Crippen LogP contribution in [0.5, 0.6) is 0 Å². The molecule has 1 unspecified atom stereocenters. The molecule has 17 heteroatoms. The molecule has 0 aliphatic carbocycles. The summed E-state index contributed by atoms with van der Waals surface area (Å²) in [5, 5.41) is 14.7. The van der Waals surface area contributed by atoms with E-state index in [1.807, 2.05) is 35.0 Å². The van der Waals surface area contributed by atoms with Gasteiger partial charge in [0.1, 0.15) is 19.2 Å². The Kier molecular flexibility index (Phi) is 16.5. The van der Waals surface area contributed by atoms with Crippen molar-refractivity contribution in [2.75, 3.05) is 73.6 Å². The molecule has 14 nitrogen and oxygen atoms in total. The predicted molar refractivity (Wildman–Crippen MR) is 144 cm³/mol. The smallest absolute Gasteiger partial charge is 0.400 e. The van der Waals surface area contributed by atoms with Gasteiger partial charge in [0.2, 0.25) is 0 Å². The summed E-state index contributed by atoms with van der Waals surface area (Å²) < 4.78 is 70.7. The first-order chi connectivity index (χ1) is 17.8. The number of carbonyl (C=O) groups excluding carboxylic acids is 1. The predicted octanol–water partition coefficient (Wildman–Crippen LogP) is 0.310. The van der Waals surface area contributed by atoms with Crippen LogP contribution in [-0.2, 0) is 33.3 Å². The number of amides is 1. The fourth-order valence-electron chi connectivity index (χ4n) is 2.55. The molecule has 0 aliphatic heterocycles. The fraction of sp³-hybridized carbons (Fsp3) is 0.591. The highest BCUT2D eigenvalue weighted by Gasteiger charge is 2.30. The van der Waals surface area contributed by atoms with E-state index in [0.29, 0.717) is 17.3 Å². The van der Waals surface area contributed by atoms with Crippen LogP contribution in [0.2, 0.25) is 0 Å². The number of likely N-dealkylation sites (N-methyl/N-ethyl adjacent to an activating group) is 1. The average Bonchev–Trinajstić information content (AvgIpc) is 2.82. The van der Waals surface area contributed by atoms with E-state index >= 15 is 0 Å². The van der Waals surface area contributed by atoms with Gasteiger partial charge in [0.05, 0.1) is 45.4 Å². The number of nitrogens with zero attached hydrogens (tertiary/aromatic N) is 4. The van der Waals surface area contributed by atoms with E-state index in [9.17, 15) is 36.4 Å². The largest absolute Gasteiger partial charge is 0.472 e. The van der Waals surface area contributed by atoms with Gasteiger partial charge in [0, 0.05) is 26.2 Å². The number of hydrogen-bond acceptors (Lipinski definition) is 11. The van der Waals surface area contributed by atoms with Crippen LogP contribution in [0.25, 0.3) is 0 Å². The molecular formula is C22H38N4O10PS2+. The maximum atomic E-state index is 13.1. The molecule has 0 aromatic carbocycles. The van der Waals surface area contributed by atoms with Crippen molar-refractivity contribution in [3.05, 3.63) is 17.2 Å². The summed E-state index contributed by atoms with van der Waals surface area (Å²) in [6, 6.07) is 2.38. The molecule has 0 aliphatic rings. The van der Waals surface area contributed by atoms with Gasteiger partial charge in [-0.05, 0) is 6.07 Å². The fourth-order valence-corrected chi connectivity index (χ4v) is 4.87. The van der Waals surface area contributed by atoms with E-state index < -0.39 is 61.2 Å². The number of pyridine rings is 1. The SMILES string of the molecule is C#CCN(CCOP(=O)(O)OCC[N+](C)(C)C)C(=O)c1cc(C#N)c(S(C)(=O)=O)nc1S(C)(=O)=O.CC.CO. The molecule has 0 radical (unpaired) electrons. The molecule has 0 saturated carbocycles. The molecule has 2 N–H and O–H groups in total. The average molecular weight is 614 g/mol. The molecule has 1 amide bonds. The van der Waals surface area contributed by atoms with Crippen LogP contribution in [0, 0.1) is 23.7 Å². The first-order valence-corrected chi connectivity index (χ1v) is 16.6.